The zero-order valence-corrected chi connectivity index (χ0v) is 18.3. The van der Waals surface area contributed by atoms with Gasteiger partial charge in [-0.2, -0.15) is 0 Å². The van der Waals surface area contributed by atoms with Crippen molar-refractivity contribution in [3.05, 3.63) is 35.9 Å². The van der Waals surface area contributed by atoms with Crippen LogP contribution in [0.2, 0.25) is 0 Å². The maximum absolute atomic E-state index is 12.2. The number of sulfone groups is 1. The number of nitrogens with one attached hydrogen (secondary N) is 2. The van der Waals surface area contributed by atoms with E-state index in [9.17, 15) is 13.2 Å². The summed E-state index contributed by atoms with van der Waals surface area (Å²) in [6, 6.07) is 9.71. The zero-order valence-electron chi connectivity index (χ0n) is 15.1. The Labute approximate surface area is 172 Å². The number of aliphatic imine (C=N–C) groups is 1. The van der Waals surface area contributed by atoms with E-state index in [1.165, 1.54) is 0 Å². The van der Waals surface area contributed by atoms with Gasteiger partial charge in [0.15, 0.2) is 15.8 Å². The molecule has 2 N–H and O–H groups in total. The van der Waals surface area contributed by atoms with Gasteiger partial charge in [-0.15, -0.1) is 24.0 Å². The van der Waals surface area contributed by atoms with Crippen molar-refractivity contribution in [2.75, 3.05) is 32.1 Å². The third-order valence-electron chi connectivity index (χ3n) is 4.12. The Hall–Kier alpha value is -1.36. The largest absolute Gasteiger partial charge is 0.356 e. The molecule has 0 radical (unpaired) electrons. The fourth-order valence-corrected chi connectivity index (χ4v) is 4.39. The van der Waals surface area contributed by atoms with Crippen molar-refractivity contribution in [1.29, 1.82) is 0 Å². The fourth-order valence-electron chi connectivity index (χ4n) is 2.72. The fraction of sp³-hybridized carbons (Fsp3) is 0.529. The second-order valence-corrected chi connectivity index (χ2v) is 8.46. The van der Waals surface area contributed by atoms with Crippen LogP contribution in [-0.4, -0.2) is 63.4 Å². The Morgan fingerprint density at radius 1 is 1.31 bits per heavy atom. The summed E-state index contributed by atoms with van der Waals surface area (Å²) in [5, 5.41) is 6.17. The van der Waals surface area contributed by atoms with Crippen LogP contribution in [0.3, 0.4) is 0 Å². The predicted molar refractivity (Wildman–Crippen MR) is 115 cm³/mol. The number of carbonyl (C=O) groups is 1. The van der Waals surface area contributed by atoms with Crippen molar-refractivity contribution >= 4 is 45.7 Å². The molecular formula is C17H27IN4O3S. The second kappa shape index (κ2) is 10.7. The predicted octanol–water partition coefficient (Wildman–Crippen LogP) is 1.01. The molecule has 9 heteroatoms. The first kappa shape index (κ1) is 22.7. The Morgan fingerprint density at radius 2 is 2.00 bits per heavy atom. The molecule has 0 aliphatic carbocycles. The number of guanidine groups is 1. The Morgan fingerprint density at radius 3 is 2.58 bits per heavy atom. The summed E-state index contributed by atoms with van der Waals surface area (Å²) in [5.41, 5.74) is 1.09. The van der Waals surface area contributed by atoms with Gasteiger partial charge in [0.05, 0.1) is 11.5 Å². The van der Waals surface area contributed by atoms with Crippen molar-refractivity contribution in [1.82, 2.24) is 15.5 Å². The van der Waals surface area contributed by atoms with Crippen LogP contribution in [-0.2, 0) is 21.2 Å². The van der Waals surface area contributed by atoms with Crippen molar-refractivity contribution in [2.45, 2.75) is 25.4 Å². The number of halogens is 1. The average molecular weight is 494 g/mol. The molecule has 1 unspecified atom stereocenters. The first-order valence-electron chi connectivity index (χ1n) is 8.35. The van der Waals surface area contributed by atoms with E-state index in [2.05, 4.69) is 15.6 Å². The summed E-state index contributed by atoms with van der Waals surface area (Å²) in [6.45, 7) is 1.02. The molecule has 0 saturated carbocycles. The monoisotopic (exact) mass is 494 g/mol. The van der Waals surface area contributed by atoms with Gasteiger partial charge < -0.3 is 15.5 Å². The Bertz CT molecular complexity index is 710. The van der Waals surface area contributed by atoms with Crippen LogP contribution in [0.4, 0.5) is 0 Å². The molecular weight excluding hydrogens is 467 g/mol. The molecule has 0 aromatic heterocycles. The highest BCUT2D eigenvalue weighted by molar-refractivity contribution is 14.0. The topological polar surface area (TPSA) is 90.9 Å². The molecule has 1 aromatic rings. The van der Waals surface area contributed by atoms with Crippen LogP contribution in [0.5, 0.6) is 0 Å². The van der Waals surface area contributed by atoms with Crippen molar-refractivity contribution in [2.24, 2.45) is 4.99 Å². The number of amides is 1. The van der Waals surface area contributed by atoms with Gasteiger partial charge in [0.25, 0.3) is 0 Å². The van der Waals surface area contributed by atoms with Gasteiger partial charge in [-0.25, -0.2) is 8.42 Å². The van der Waals surface area contributed by atoms with E-state index in [4.69, 9.17) is 0 Å². The van der Waals surface area contributed by atoms with Gasteiger partial charge in [-0.3, -0.25) is 9.79 Å². The average Bonchev–Trinajstić information content (AvgIpc) is 2.93. The van der Waals surface area contributed by atoms with E-state index in [1.807, 2.05) is 30.3 Å². The number of rotatable bonds is 6. The van der Waals surface area contributed by atoms with Crippen LogP contribution in [0.15, 0.2) is 35.3 Å². The summed E-state index contributed by atoms with van der Waals surface area (Å²) in [5.74, 6) is 0.910. The van der Waals surface area contributed by atoms with Crippen LogP contribution < -0.4 is 10.6 Å². The molecule has 1 amide bonds. The second-order valence-electron chi connectivity index (χ2n) is 6.23. The Kier molecular flexibility index (Phi) is 9.34. The van der Waals surface area contributed by atoms with Gasteiger partial charge in [-0.05, 0) is 12.0 Å². The van der Waals surface area contributed by atoms with E-state index in [1.54, 1.807) is 19.0 Å². The SMILES string of the molecule is CN=C(NCCC(=O)N(C)Cc1ccccc1)NC1CCS(=O)(=O)C1.I. The number of hydrogen-bond acceptors (Lipinski definition) is 4. The number of carbonyl (C=O) groups excluding carboxylic acids is 1. The highest BCUT2D eigenvalue weighted by atomic mass is 127. The van der Waals surface area contributed by atoms with Crippen molar-refractivity contribution < 1.29 is 13.2 Å². The van der Waals surface area contributed by atoms with Crippen molar-refractivity contribution in [3.8, 4) is 0 Å². The minimum absolute atomic E-state index is 0. The van der Waals surface area contributed by atoms with Gasteiger partial charge in [0, 0.05) is 39.6 Å². The molecule has 1 atom stereocenters. The molecule has 26 heavy (non-hydrogen) atoms. The first-order valence-corrected chi connectivity index (χ1v) is 10.2. The number of benzene rings is 1. The van der Waals surface area contributed by atoms with E-state index >= 15 is 0 Å². The highest BCUT2D eigenvalue weighted by Crippen LogP contribution is 2.11. The molecule has 0 bridgehead atoms. The highest BCUT2D eigenvalue weighted by Gasteiger charge is 2.28. The smallest absolute Gasteiger partial charge is 0.224 e. The minimum Gasteiger partial charge on any atom is -0.356 e. The van der Waals surface area contributed by atoms with Gasteiger partial charge in [0.1, 0.15) is 0 Å². The van der Waals surface area contributed by atoms with Crippen LogP contribution in [0.1, 0.15) is 18.4 Å². The molecule has 1 heterocycles. The number of nitrogens with zero attached hydrogens (tertiary/aromatic N) is 2. The summed E-state index contributed by atoms with van der Waals surface area (Å²) in [4.78, 5) is 18.0. The Balaban J connectivity index is 0.00000338. The lowest BCUT2D eigenvalue weighted by Crippen LogP contribution is -2.45. The summed E-state index contributed by atoms with van der Waals surface area (Å²) >= 11 is 0. The van der Waals surface area contributed by atoms with E-state index in [-0.39, 0.29) is 47.4 Å². The lowest BCUT2D eigenvalue weighted by molar-refractivity contribution is -0.130. The lowest BCUT2D eigenvalue weighted by atomic mass is 10.2. The maximum atomic E-state index is 12.2. The third kappa shape index (κ3) is 7.48. The normalized spacial score (nSPS) is 18.7. The van der Waals surface area contributed by atoms with E-state index in [0.717, 1.165) is 5.56 Å². The maximum Gasteiger partial charge on any atom is 0.224 e. The zero-order chi connectivity index (χ0) is 18.3. The molecule has 1 aliphatic heterocycles. The first-order chi connectivity index (χ1) is 11.9. The molecule has 1 saturated heterocycles. The summed E-state index contributed by atoms with van der Waals surface area (Å²) in [7, 11) is 0.480. The molecule has 1 aromatic carbocycles. The van der Waals surface area contributed by atoms with Crippen LogP contribution in [0, 0.1) is 0 Å². The molecule has 0 spiro atoms. The molecule has 1 aliphatic rings. The quantitative estimate of drug-likeness (QED) is 0.350. The minimum atomic E-state index is -2.93. The summed E-state index contributed by atoms with van der Waals surface area (Å²) < 4.78 is 23.0. The van der Waals surface area contributed by atoms with Gasteiger partial charge in [0.2, 0.25) is 5.91 Å². The van der Waals surface area contributed by atoms with Gasteiger partial charge >= 0.3 is 0 Å². The van der Waals surface area contributed by atoms with E-state index < -0.39 is 9.84 Å². The number of hydrogen-bond donors (Lipinski definition) is 2. The van der Waals surface area contributed by atoms with Crippen LogP contribution >= 0.6 is 24.0 Å². The van der Waals surface area contributed by atoms with Crippen LogP contribution in [0.25, 0.3) is 0 Å². The molecule has 2 rings (SSSR count). The van der Waals surface area contributed by atoms with Crippen molar-refractivity contribution in [3.63, 3.8) is 0 Å². The standard InChI is InChI=1S/C17H26N4O3S.HI/c1-18-17(20-15-9-11-25(23,24)13-15)19-10-8-16(22)21(2)12-14-6-4-3-5-7-14;/h3-7,15H,8-13H2,1-2H3,(H2,18,19,20);1H. The van der Waals surface area contributed by atoms with Gasteiger partial charge in [-0.1, -0.05) is 30.3 Å². The van der Waals surface area contributed by atoms with E-state index in [0.29, 0.717) is 31.9 Å². The summed E-state index contributed by atoms with van der Waals surface area (Å²) in [6.07, 6.45) is 0.925. The molecule has 146 valence electrons. The third-order valence-corrected chi connectivity index (χ3v) is 5.88. The molecule has 7 nitrogen and oxygen atoms in total. The molecule has 1 fully saturated rings. The lowest BCUT2D eigenvalue weighted by Gasteiger charge is -2.19.